The van der Waals surface area contributed by atoms with Crippen LogP contribution in [0.2, 0.25) is 0 Å². The topological polar surface area (TPSA) is 42.2 Å². The third kappa shape index (κ3) is 3.11. The molecule has 0 saturated heterocycles. The fourth-order valence-corrected chi connectivity index (χ4v) is 1.04. The smallest absolute Gasteiger partial charge is 0.287 e. The number of hydrogen-bond donors (Lipinski definition) is 1. The Bertz CT molecular complexity index is 347. The van der Waals surface area contributed by atoms with Gasteiger partial charge in [-0.15, -0.1) is 0 Å². The fourth-order valence-electron chi connectivity index (χ4n) is 1.04. The van der Waals surface area contributed by atoms with Crippen LogP contribution in [0.3, 0.4) is 0 Å². The van der Waals surface area contributed by atoms with Crippen molar-refractivity contribution in [2.75, 3.05) is 0 Å². The molecule has 0 aliphatic rings. The van der Waals surface area contributed by atoms with E-state index in [1.54, 1.807) is 12.1 Å². The van der Waals surface area contributed by atoms with Crippen LogP contribution < -0.4 is 5.32 Å². The normalized spacial score (nSPS) is 13.7. The molecule has 1 atom stereocenters. The molecule has 0 saturated carbocycles. The number of rotatable bonds is 2. The highest BCUT2D eigenvalue weighted by atomic mass is 16.3. The number of carbonyl (C=O) groups is 1. The van der Waals surface area contributed by atoms with Gasteiger partial charge in [0, 0.05) is 6.04 Å². The first kappa shape index (κ1) is 11.8. The Balaban J connectivity index is 2.64. The minimum atomic E-state index is -0.148. The molecule has 0 unspecified atom stereocenters. The van der Waals surface area contributed by atoms with Crippen LogP contribution in [0.5, 0.6) is 0 Å². The zero-order valence-electron chi connectivity index (χ0n) is 10.0. The van der Waals surface area contributed by atoms with E-state index in [2.05, 4.69) is 26.1 Å². The highest BCUT2D eigenvalue weighted by Crippen LogP contribution is 2.19. The van der Waals surface area contributed by atoms with E-state index in [0.717, 1.165) is 5.76 Å². The van der Waals surface area contributed by atoms with Crippen LogP contribution in [0.1, 0.15) is 44.0 Å². The minimum absolute atomic E-state index is 0.0529. The van der Waals surface area contributed by atoms with E-state index in [4.69, 9.17) is 4.42 Å². The molecule has 3 nitrogen and oxygen atoms in total. The summed E-state index contributed by atoms with van der Waals surface area (Å²) in [6, 6.07) is 3.59. The Labute approximate surface area is 90.9 Å². The van der Waals surface area contributed by atoms with E-state index in [0.29, 0.717) is 5.76 Å². The van der Waals surface area contributed by atoms with Crippen molar-refractivity contribution in [3.8, 4) is 0 Å². The molecule has 1 aromatic rings. The number of nitrogens with one attached hydrogen (secondary N) is 1. The van der Waals surface area contributed by atoms with E-state index in [1.807, 2.05) is 13.8 Å². The standard InChI is InChI=1S/C12H19NO2/c1-8-6-7-10(15-8)11(14)13-9(2)12(3,4)5/h6-7,9H,1-5H3,(H,13,14)/t9-/m0/s1. The van der Waals surface area contributed by atoms with Gasteiger partial charge in [-0.25, -0.2) is 0 Å². The first-order chi connectivity index (χ1) is 6.80. The molecule has 0 aromatic carbocycles. The SMILES string of the molecule is Cc1ccc(C(=O)N[C@@H](C)C(C)(C)C)o1. The first-order valence-electron chi connectivity index (χ1n) is 5.18. The van der Waals surface area contributed by atoms with Gasteiger partial charge in [-0.3, -0.25) is 4.79 Å². The summed E-state index contributed by atoms with van der Waals surface area (Å²) in [5, 5.41) is 2.92. The summed E-state index contributed by atoms with van der Waals surface area (Å²) in [6.07, 6.45) is 0. The maximum atomic E-state index is 11.7. The van der Waals surface area contributed by atoms with Crippen LogP contribution >= 0.6 is 0 Å². The molecule has 3 heteroatoms. The quantitative estimate of drug-likeness (QED) is 0.813. The van der Waals surface area contributed by atoms with Gasteiger partial charge in [0.1, 0.15) is 5.76 Å². The van der Waals surface area contributed by atoms with Crippen molar-refractivity contribution in [3.63, 3.8) is 0 Å². The van der Waals surface area contributed by atoms with Crippen molar-refractivity contribution in [2.45, 2.75) is 40.7 Å². The molecule has 0 bridgehead atoms. The molecule has 0 aliphatic heterocycles. The van der Waals surface area contributed by atoms with Gasteiger partial charge in [0.25, 0.3) is 5.91 Å². The Morgan fingerprint density at radius 1 is 1.40 bits per heavy atom. The molecule has 1 amide bonds. The third-order valence-electron chi connectivity index (χ3n) is 2.61. The van der Waals surface area contributed by atoms with E-state index in [-0.39, 0.29) is 17.4 Å². The van der Waals surface area contributed by atoms with Gasteiger partial charge in [0.15, 0.2) is 5.76 Å². The van der Waals surface area contributed by atoms with Gasteiger partial charge in [-0.05, 0) is 31.4 Å². The van der Waals surface area contributed by atoms with E-state index in [9.17, 15) is 4.79 Å². The van der Waals surface area contributed by atoms with Crippen LogP contribution in [-0.4, -0.2) is 11.9 Å². The number of hydrogen-bond acceptors (Lipinski definition) is 2. The third-order valence-corrected chi connectivity index (χ3v) is 2.61. The zero-order chi connectivity index (χ0) is 11.6. The number of amides is 1. The van der Waals surface area contributed by atoms with Crippen molar-refractivity contribution >= 4 is 5.91 Å². The van der Waals surface area contributed by atoms with E-state index >= 15 is 0 Å². The summed E-state index contributed by atoms with van der Waals surface area (Å²) >= 11 is 0. The molecule has 15 heavy (non-hydrogen) atoms. The van der Waals surface area contributed by atoms with Crippen molar-refractivity contribution in [1.29, 1.82) is 0 Å². The summed E-state index contributed by atoms with van der Waals surface area (Å²) in [5.74, 6) is 0.984. The minimum Gasteiger partial charge on any atom is -0.456 e. The lowest BCUT2D eigenvalue weighted by molar-refractivity contribution is 0.0880. The molecule has 0 spiro atoms. The number of aryl methyl sites for hydroxylation is 1. The molecule has 1 aromatic heterocycles. The van der Waals surface area contributed by atoms with Gasteiger partial charge in [0.05, 0.1) is 0 Å². The Morgan fingerprint density at radius 3 is 2.40 bits per heavy atom. The Morgan fingerprint density at radius 2 is 2.00 bits per heavy atom. The number of carbonyl (C=O) groups excluding carboxylic acids is 1. The summed E-state index contributed by atoms with van der Waals surface area (Å²) in [6.45, 7) is 10.1. The van der Waals surface area contributed by atoms with Crippen LogP contribution in [0.25, 0.3) is 0 Å². The predicted octanol–water partition coefficient (Wildman–Crippen LogP) is 2.75. The average molecular weight is 209 g/mol. The van der Waals surface area contributed by atoms with Crippen LogP contribution in [0.4, 0.5) is 0 Å². The second kappa shape index (κ2) is 4.09. The molecular weight excluding hydrogens is 190 g/mol. The summed E-state index contributed by atoms with van der Waals surface area (Å²) in [5.41, 5.74) is 0.0529. The first-order valence-corrected chi connectivity index (χ1v) is 5.18. The van der Waals surface area contributed by atoms with Crippen molar-refractivity contribution in [1.82, 2.24) is 5.32 Å². The summed E-state index contributed by atoms with van der Waals surface area (Å²) in [7, 11) is 0. The number of furan rings is 1. The second-order valence-corrected chi connectivity index (χ2v) is 4.97. The molecule has 1 rings (SSSR count). The van der Waals surface area contributed by atoms with Crippen molar-refractivity contribution < 1.29 is 9.21 Å². The molecular formula is C12H19NO2. The average Bonchev–Trinajstić information content (AvgIpc) is 2.50. The molecule has 0 radical (unpaired) electrons. The maximum absolute atomic E-state index is 11.7. The summed E-state index contributed by atoms with van der Waals surface area (Å²) in [4.78, 5) is 11.7. The van der Waals surface area contributed by atoms with Crippen LogP contribution in [0.15, 0.2) is 16.5 Å². The second-order valence-electron chi connectivity index (χ2n) is 4.97. The lowest BCUT2D eigenvalue weighted by Gasteiger charge is -2.27. The molecule has 1 N–H and O–H groups in total. The highest BCUT2D eigenvalue weighted by Gasteiger charge is 2.23. The fraction of sp³-hybridized carbons (Fsp3) is 0.583. The lowest BCUT2D eigenvalue weighted by atomic mass is 9.88. The van der Waals surface area contributed by atoms with Crippen molar-refractivity contribution in [3.05, 3.63) is 23.7 Å². The Hall–Kier alpha value is -1.25. The van der Waals surface area contributed by atoms with Crippen LogP contribution in [-0.2, 0) is 0 Å². The summed E-state index contributed by atoms with van der Waals surface area (Å²) < 4.78 is 5.25. The monoisotopic (exact) mass is 209 g/mol. The maximum Gasteiger partial charge on any atom is 0.287 e. The van der Waals surface area contributed by atoms with Gasteiger partial charge in [-0.2, -0.15) is 0 Å². The molecule has 0 aliphatic carbocycles. The van der Waals surface area contributed by atoms with Crippen molar-refractivity contribution in [2.24, 2.45) is 5.41 Å². The Kier molecular flexibility index (Phi) is 3.22. The zero-order valence-corrected chi connectivity index (χ0v) is 10.0. The molecule has 84 valence electrons. The van der Waals surface area contributed by atoms with Gasteiger partial charge < -0.3 is 9.73 Å². The highest BCUT2D eigenvalue weighted by molar-refractivity contribution is 5.91. The van der Waals surface area contributed by atoms with E-state index < -0.39 is 0 Å². The van der Waals surface area contributed by atoms with E-state index in [1.165, 1.54) is 0 Å². The van der Waals surface area contributed by atoms with Gasteiger partial charge in [0.2, 0.25) is 0 Å². The molecule has 0 fully saturated rings. The van der Waals surface area contributed by atoms with Gasteiger partial charge in [-0.1, -0.05) is 20.8 Å². The molecule has 1 heterocycles. The predicted molar refractivity (Wildman–Crippen MR) is 59.8 cm³/mol. The largest absolute Gasteiger partial charge is 0.456 e. The van der Waals surface area contributed by atoms with Gasteiger partial charge >= 0.3 is 0 Å². The van der Waals surface area contributed by atoms with Crippen LogP contribution in [0, 0.1) is 12.3 Å². The lowest BCUT2D eigenvalue weighted by Crippen LogP contribution is -2.41.